The highest BCUT2D eigenvalue weighted by Crippen LogP contribution is 2.49. The maximum atomic E-state index is 12.2. The first-order chi connectivity index (χ1) is 9.18. The predicted octanol–water partition coefficient (Wildman–Crippen LogP) is 4.58. The van der Waals surface area contributed by atoms with Crippen LogP contribution in [0.2, 0.25) is 0 Å². The molecule has 0 heterocycles. The average molecular weight is 405 g/mol. The number of unbranched alkanes of at least 4 members (excludes halogenated alkanes) is 6. The van der Waals surface area contributed by atoms with Crippen molar-refractivity contribution in [1.29, 1.82) is 0 Å². The molecule has 0 aliphatic rings. The van der Waals surface area contributed by atoms with E-state index in [0.717, 1.165) is 19.4 Å². The van der Waals surface area contributed by atoms with Crippen LogP contribution in [-0.4, -0.2) is 31.0 Å². The van der Waals surface area contributed by atoms with E-state index in [4.69, 9.17) is 9.05 Å². The Morgan fingerprint density at radius 1 is 1.00 bits per heavy atom. The van der Waals surface area contributed by atoms with E-state index in [-0.39, 0.29) is 0 Å². The SMILES string of the molecule is CCOP(=O)(CCCCCCCCCNC)OCI. The van der Waals surface area contributed by atoms with Gasteiger partial charge in [-0.1, -0.05) is 54.7 Å². The molecule has 0 aliphatic heterocycles. The van der Waals surface area contributed by atoms with Crippen LogP contribution in [-0.2, 0) is 13.6 Å². The van der Waals surface area contributed by atoms with Gasteiger partial charge in [0.1, 0.15) is 4.61 Å². The smallest absolute Gasteiger partial charge is 0.320 e. The summed E-state index contributed by atoms with van der Waals surface area (Å²) in [6.45, 7) is 3.43. The van der Waals surface area contributed by atoms with E-state index in [1.807, 2.05) is 14.0 Å². The second-order valence-corrected chi connectivity index (χ2v) is 7.38. The zero-order valence-corrected chi connectivity index (χ0v) is 15.4. The van der Waals surface area contributed by atoms with Gasteiger partial charge in [0, 0.05) is 0 Å². The molecule has 0 aromatic rings. The van der Waals surface area contributed by atoms with Crippen LogP contribution in [0, 0.1) is 0 Å². The van der Waals surface area contributed by atoms with Crippen LogP contribution in [0.25, 0.3) is 0 Å². The summed E-state index contributed by atoms with van der Waals surface area (Å²) in [5.41, 5.74) is 0. The van der Waals surface area contributed by atoms with Crippen LogP contribution in [0.3, 0.4) is 0 Å². The molecule has 0 saturated heterocycles. The fourth-order valence-electron chi connectivity index (χ4n) is 1.93. The Kier molecular flexibility index (Phi) is 14.4. The normalized spacial score (nSPS) is 14.5. The summed E-state index contributed by atoms with van der Waals surface area (Å²) in [6.07, 6.45) is 8.97. The van der Waals surface area contributed by atoms with Gasteiger partial charge >= 0.3 is 7.60 Å². The summed E-state index contributed by atoms with van der Waals surface area (Å²) in [5, 5.41) is 3.16. The van der Waals surface area contributed by atoms with Crippen molar-refractivity contribution < 1.29 is 13.6 Å². The van der Waals surface area contributed by atoms with Crippen molar-refractivity contribution in [2.75, 3.05) is 31.0 Å². The molecule has 0 amide bonds. The molecule has 1 unspecified atom stereocenters. The summed E-state index contributed by atoms with van der Waals surface area (Å²) in [5.74, 6) is 0. The van der Waals surface area contributed by atoms with E-state index in [1.165, 1.54) is 32.1 Å². The van der Waals surface area contributed by atoms with E-state index < -0.39 is 7.60 Å². The first kappa shape index (κ1) is 19.8. The van der Waals surface area contributed by atoms with E-state index in [9.17, 15) is 4.57 Å². The van der Waals surface area contributed by atoms with Crippen molar-refractivity contribution in [2.45, 2.75) is 51.9 Å². The largest absolute Gasteiger partial charge is 0.331 e. The Morgan fingerprint density at radius 3 is 2.11 bits per heavy atom. The van der Waals surface area contributed by atoms with Crippen LogP contribution < -0.4 is 5.32 Å². The molecule has 19 heavy (non-hydrogen) atoms. The van der Waals surface area contributed by atoms with E-state index in [0.29, 0.717) is 17.4 Å². The molecule has 0 radical (unpaired) electrons. The fraction of sp³-hybridized carbons (Fsp3) is 1.00. The summed E-state index contributed by atoms with van der Waals surface area (Å²) in [7, 11) is -0.811. The Bertz CT molecular complexity index is 232. The summed E-state index contributed by atoms with van der Waals surface area (Å²) >= 11 is 2.06. The number of alkyl halides is 1. The second kappa shape index (κ2) is 13.8. The summed E-state index contributed by atoms with van der Waals surface area (Å²) in [4.78, 5) is 0. The van der Waals surface area contributed by atoms with Gasteiger partial charge in [-0.2, -0.15) is 0 Å². The Hall–Kier alpha value is 0.840. The molecule has 0 fully saturated rings. The van der Waals surface area contributed by atoms with Gasteiger partial charge in [-0.3, -0.25) is 9.09 Å². The number of hydrogen-bond donors (Lipinski definition) is 1. The number of halogens is 1. The van der Waals surface area contributed by atoms with Crippen LogP contribution in [0.15, 0.2) is 0 Å². The third-order valence-electron chi connectivity index (χ3n) is 2.93. The monoisotopic (exact) mass is 405 g/mol. The van der Waals surface area contributed by atoms with Gasteiger partial charge < -0.3 is 9.84 Å². The molecule has 0 rings (SSSR count). The van der Waals surface area contributed by atoms with Crippen molar-refractivity contribution >= 4 is 30.2 Å². The van der Waals surface area contributed by atoms with E-state index in [1.54, 1.807) is 0 Å². The molecule has 6 heteroatoms. The summed E-state index contributed by atoms with van der Waals surface area (Å²) in [6, 6.07) is 0. The van der Waals surface area contributed by atoms with Gasteiger partial charge in [-0.05, 0) is 33.4 Å². The van der Waals surface area contributed by atoms with Crippen molar-refractivity contribution in [3.05, 3.63) is 0 Å². The molecule has 0 aromatic heterocycles. The third-order valence-corrected chi connectivity index (χ3v) is 5.77. The molecule has 0 spiro atoms. The van der Waals surface area contributed by atoms with Crippen molar-refractivity contribution in [3.8, 4) is 0 Å². The topological polar surface area (TPSA) is 47.6 Å². The molecule has 4 nitrogen and oxygen atoms in total. The Labute approximate surface area is 132 Å². The molecular formula is C13H29INO3P. The Morgan fingerprint density at radius 2 is 1.58 bits per heavy atom. The second-order valence-electron chi connectivity index (χ2n) is 4.57. The fourth-order valence-corrected chi connectivity index (χ4v) is 4.69. The van der Waals surface area contributed by atoms with Gasteiger partial charge in [0.15, 0.2) is 0 Å². The first-order valence-corrected chi connectivity index (χ1v) is 10.5. The third kappa shape index (κ3) is 12.3. The van der Waals surface area contributed by atoms with Crippen LogP contribution >= 0.6 is 30.2 Å². The molecule has 0 aromatic carbocycles. The molecular weight excluding hydrogens is 376 g/mol. The van der Waals surface area contributed by atoms with Crippen molar-refractivity contribution in [3.63, 3.8) is 0 Å². The lowest BCUT2D eigenvalue weighted by atomic mass is 10.1. The minimum Gasteiger partial charge on any atom is -0.320 e. The first-order valence-electron chi connectivity index (χ1n) is 7.27. The highest BCUT2D eigenvalue weighted by Gasteiger charge is 2.22. The molecule has 1 atom stereocenters. The van der Waals surface area contributed by atoms with Crippen molar-refractivity contribution in [2.24, 2.45) is 0 Å². The van der Waals surface area contributed by atoms with Crippen LogP contribution in [0.1, 0.15) is 51.9 Å². The zero-order valence-electron chi connectivity index (χ0n) is 12.3. The van der Waals surface area contributed by atoms with Gasteiger partial charge in [-0.25, -0.2) is 0 Å². The number of hydrogen-bond acceptors (Lipinski definition) is 4. The van der Waals surface area contributed by atoms with Gasteiger partial charge in [-0.15, -0.1) is 0 Å². The highest BCUT2D eigenvalue weighted by molar-refractivity contribution is 14.1. The summed E-state index contributed by atoms with van der Waals surface area (Å²) < 4.78 is 23.1. The molecule has 0 saturated carbocycles. The molecule has 0 aliphatic carbocycles. The minimum atomic E-state index is -2.81. The lowest BCUT2D eigenvalue weighted by Crippen LogP contribution is -2.06. The Balaban J connectivity index is 3.47. The van der Waals surface area contributed by atoms with E-state index >= 15 is 0 Å². The van der Waals surface area contributed by atoms with E-state index in [2.05, 4.69) is 27.9 Å². The van der Waals surface area contributed by atoms with Crippen molar-refractivity contribution in [1.82, 2.24) is 5.32 Å². The maximum Gasteiger partial charge on any atom is 0.331 e. The highest BCUT2D eigenvalue weighted by atomic mass is 127. The molecule has 1 N–H and O–H groups in total. The number of nitrogens with one attached hydrogen (secondary N) is 1. The van der Waals surface area contributed by atoms with Gasteiger partial charge in [0.25, 0.3) is 0 Å². The quantitative estimate of drug-likeness (QED) is 0.199. The van der Waals surface area contributed by atoms with Gasteiger partial charge in [0.2, 0.25) is 0 Å². The van der Waals surface area contributed by atoms with Gasteiger partial charge in [0.05, 0.1) is 12.8 Å². The van der Waals surface area contributed by atoms with Crippen LogP contribution in [0.5, 0.6) is 0 Å². The average Bonchev–Trinajstić information content (AvgIpc) is 2.37. The lowest BCUT2D eigenvalue weighted by molar-refractivity contribution is 0.240. The minimum absolute atomic E-state index is 0.431. The number of rotatable bonds is 14. The standard InChI is InChI=1S/C13H29INO3P/c1-3-17-19(16,18-13-14)12-10-8-6-4-5-7-9-11-15-2/h15H,3-13H2,1-2H3. The van der Waals surface area contributed by atoms with Crippen LogP contribution in [0.4, 0.5) is 0 Å². The predicted molar refractivity (Wildman–Crippen MR) is 90.3 cm³/mol. The lowest BCUT2D eigenvalue weighted by Gasteiger charge is -2.16. The molecule has 0 bridgehead atoms. The maximum absolute atomic E-state index is 12.2. The molecule has 116 valence electrons. The zero-order chi connectivity index (χ0) is 14.4.